The number of nitrogens with zero attached hydrogens (tertiary/aromatic N) is 1. The number of rotatable bonds is 1. The zero-order chi connectivity index (χ0) is 10.0. The first-order valence-corrected chi connectivity index (χ1v) is 5.44. The van der Waals surface area contributed by atoms with Crippen molar-refractivity contribution >= 4 is 17.5 Å². The fraction of sp³-hybridized carbons (Fsp3) is 0.889. The minimum atomic E-state index is -0.122. The maximum atomic E-state index is 11.3. The van der Waals surface area contributed by atoms with Gasteiger partial charge in [0.05, 0.1) is 6.61 Å². The number of amides is 1. The second-order valence-corrected chi connectivity index (χ2v) is 4.12. The van der Waals surface area contributed by atoms with Crippen LogP contribution >= 0.6 is 11.6 Å². The van der Waals surface area contributed by atoms with Gasteiger partial charge in [0.25, 0.3) is 0 Å². The molecule has 2 heterocycles. The van der Waals surface area contributed by atoms with Gasteiger partial charge in [0.2, 0.25) is 5.91 Å². The lowest BCUT2D eigenvalue weighted by Gasteiger charge is -2.36. The smallest absolute Gasteiger partial charge is 0.237 e. The first kappa shape index (κ1) is 10.2. The van der Waals surface area contributed by atoms with E-state index in [0.29, 0.717) is 6.61 Å². The molecule has 0 radical (unpaired) electrons. The van der Waals surface area contributed by atoms with E-state index in [0.717, 1.165) is 32.4 Å². The van der Waals surface area contributed by atoms with Crippen LogP contribution in [0.1, 0.15) is 19.3 Å². The summed E-state index contributed by atoms with van der Waals surface area (Å²) in [5, 5.41) is 0. The quantitative estimate of drug-likeness (QED) is 0.487. The van der Waals surface area contributed by atoms with E-state index < -0.39 is 0 Å². The zero-order valence-corrected chi connectivity index (χ0v) is 8.76. The van der Waals surface area contributed by atoms with Crippen LogP contribution in [0.5, 0.6) is 0 Å². The molecule has 0 aromatic rings. The summed E-state index contributed by atoms with van der Waals surface area (Å²) < 4.78 is 0. The Balaban J connectivity index is 1.88. The minimum Gasteiger partial charge on any atom is -0.341 e. The van der Waals surface area contributed by atoms with Gasteiger partial charge >= 0.3 is 0 Å². The van der Waals surface area contributed by atoms with Crippen molar-refractivity contribution in [2.75, 3.05) is 25.6 Å². The number of carbonyl (C=O) groups is 1. The molecule has 0 unspecified atom stereocenters. The summed E-state index contributed by atoms with van der Waals surface area (Å²) in [6.45, 7) is 2.13. The van der Waals surface area contributed by atoms with Crippen molar-refractivity contribution < 1.29 is 14.6 Å². The molecule has 2 aliphatic rings. The molecular formula is C9H14ClNO3. The van der Waals surface area contributed by atoms with Crippen molar-refractivity contribution in [3.8, 4) is 0 Å². The molecule has 0 bridgehead atoms. The topological polar surface area (TPSA) is 38.8 Å². The summed E-state index contributed by atoms with van der Waals surface area (Å²) in [4.78, 5) is 23.3. The third-order valence-corrected chi connectivity index (χ3v) is 3.25. The number of alkyl halides is 1. The van der Waals surface area contributed by atoms with Gasteiger partial charge in [0.15, 0.2) is 0 Å². The molecule has 2 fully saturated rings. The molecule has 0 aromatic carbocycles. The van der Waals surface area contributed by atoms with E-state index in [1.165, 1.54) is 0 Å². The lowest BCUT2D eigenvalue weighted by molar-refractivity contribution is -0.315. The Hall–Kier alpha value is -0.320. The highest BCUT2D eigenvalue weighted by atomic mass is 35.5. The van der Waals surface area contributed by atoms with Crippen LogP contribution in [-0.4, -0.2) is 42.0 Å². The highest BCUT2D eigenvalue weighted by Gasteiger charge is 2.40. The van der Waals surface area contributed by atoms with Crippen LogP contribution in [0, 0.1) is 0 Å². The monoisotopic (exact) mass is 219 g/mol. The molecule has 2 saturated heterocycles. The van der Waals surface area contributed by atoms with E-state index in [1.54, 1.807) is 4.90 Å². The maximum absolute atomic E-state index is 11.3. The van der Waals surface area contributed by atoms with E-state index in [9.17, 15) is 4.79 Å². The predicted molar refractivity (Wildman–Crippen MR) is 50.9 cm³/mol. The normalized spacial score (nSPS) is 25.6. The number of likely N-dealkylation sites (tertiary alicyclic amines) is 1. The van der Waals surface area contributed by atoms with Gasteiger partial charge in [-0.25, -0.2) is 9.78 Å². The highest BCUT2D eigenvalue weighted by Crippen LogP contribution is 2.34. The lowest BCUT2D eigenvalue weighted by Crippen LogP contribution is -2.46. The van der Waals surface area contributed by atoms with Crippen LogP contribution in [-0.2, 0) is 14.6 Å². The predicted octanol–water partition coefficient (Wildman–Crippen LogP) is 0.938. The molecule has 14 heavy (non-hydrogen) atoms. The first-order chi connectivity index (χ1) is 6.76. The molecule has 1 amide bonds. The van der Waals surface area contributed by atoms with E-state index in [4.69, 9.17) is 21.4 Å². The van der Waals surface area contributed by atoms with Gasteiger partial charge in [0.1, 0.15) is 11.5 Å². The van der Waals surface area contributed by atoms with Crippen molar-refractivity contribution in [3.63, 3.8) is 0 Å². The van der Waals surface area contributed by atoms with Crippen molar-refractivity contribution in [3.05, 3.63) is 0 Å². The summed E-state index contributed by atoms with van der Waals surface area (Å²) >= 11 is 5.49. The SMILES string of the molecule is O=C(CCl)N1CCC2(CCOO2)CC1. The summed E-state index contributed by atoms with van der Waals surface area (Å²) in [5.74, 6) is 0.0881. The van der Waals surface area contributed by atoms with Crippen molar-refractivity contribution in [1.82, 2.24) is 4.90 Å². The summed E-state index contributed by atoms with van der Waals surface area (Å²) in [6.07, 6.45) is 2.65. The third-order valence-electron chi connectivity index (χ3n) is 3.02. The van der Waals surface area contributed by atoms with Crippen LogP contribution in [0.25, 0.3) is 0 Å². The van der Waals surface area contributed by atoms with Crippen molar-refractivity contribution in [1.29, 1.82) is 0 Å². The summed E-state index contributed by atoms with van der Waals surface area (Å²) in [7, 11) is 0. The van der Waals surface area contributed by atoms with Gasteiger partial charge in [0, 0.05) is 19.5 Å². The number of hydrogen-bond acceptors (Lipinski definition) is 3. The Bertz CT molecular complexity index is 218. The van der Waals surface area contributed by atoms with Gasteiger partial charge in [-0.3, -0.25) is 4.79 Å². The zero-order valence-electron chi connectivity index (χ0n) is 8.00. The average Bonchev–Trinajstić information content (AvgIpc) is 2.67. The molecule has 4 nitrogen and oxygen atoms in total. The molecule has 0 aliphatic carbocycles. The second kappa shape index (κ2) is 4.04. The second-order valence-electron chi connectivity index (χ2n) is 3.85. The number of carbonyl (C=O) groups excluding carboxylic acids is 1. The Morgan fingerprint density at radius 1 is 1.36 bits per heavy atom. The van der Waals surface area contributed by atoms with Gasteiger partial charge in [-0.15, -0.1) is 11.6 Å². The molecular weight excluding hydrogens is 206 g/mol. The largest absolute Gasteiger partial charge is 0.341 e. The molecule has 0 N–H and O–H groups in total. The molecule has 80 valence electrons. The minimum absolute atomic E-state index is 0.0143. The van der Waals surface area contributed by atoms with Crippen LogP contribution in [0.15, 0.2) is 0 Å². The Kier molecular flexibility index (Phi) is 2.95. The molecule has 0 aromatic heterocycles. The van der Waals surface area contributed by atoms with Gasteiger partial charge < -0.3 is 4.90 Å². The number of halogens is 1. The molecule has 0 saturated carbocycles. The third kappa shape index (κ3) is 1.87. The van der Waals surface area contributed by atoms with Gasteiger partial charge in [-0.1, -0.05) is 0 Å². The molecule has 1 spiro atoms. The molecule has 5 heteroatoms. The Morgan fingerprint density at radius 2 is 2.07 bits per heavy atom. The van der Waals surface area contributed by atoms with Crippen molar-refractivity contribution in [2.45, 2.75) is 24.9 Å². The van der Waals surface area contributed by atoms with E-state index in [1.807, 2.05) is 0 Å². The maximum Gasteiger partial charge on any atom is 0.237 e. The highest BCUT2D eigenvalue weighted by molar-refractivity contribution is 6.27. The molecule has 2 aliphatic heterocycles. The standard InChI is InChI=1S/C9H14ClNO3/c10-7-8(12)11-4-1-9(2-5-11)3-6-13-14-9/h1-7H2. The van der Waals surface area contributed by atoms with E-state index in [-0.39, 0.29) is 17.4 Å². The van der Waals surface area contributed by atoms with E-state index in [2.05, 4.69) is 0 Å². The fourth-order valence-electron chi connectivity index (χ4n) is 2.02. The van der Waals surface area contributed by atoms with Crippen molar-refractivity contribution in [2.24, 2.45) is 0 Å². The van der Waals surface area contributed by atoms with Crippen LogP contribution in [0.2, 0.25) is 0 Å². The average molecular weight is 220 g/mol. The van der Waals surface area contributed by atoms with Gasteiger partial charge in [-0.05, 0) is 12.8 Å². The Morgan fingerprint density at radius 3 is 2.57 bits per heavy atom. The van der Waals surface area contributed by atoms with Crippen LogP contribution in [0.4, 0.5) is 0 Å². The number of piperidine rings is 1. The lowest BCUT2D eigenvalue weighted by atomic mass is 9.89. The summed E-state index contributed by atoms with van der Waals surface area (Å²) in [6, 6.07) is 0. The van der Waals surface area contributed by atoms with E-state index >= 15 is 0 Å². The molecule has 0 atom stereocenters. The number of hydrogen-bond donors (Lipinski definition) is 0. The van der Waals surface area contributed by atoms with Crippen LogP contribution in [0.3, 0.4) is 0 Å². The van der Waals surface area contributed by atoms with Gasteiger partial charge in [-0.2, -0.15) is 0 Å². The summed E-state index contributed by atoms with van der Waals surface area (Å²) in [5.41, 5.74) is -0.122. The fourth-order valence-corrected chi connectivity index (χ4v) is 2.19. The molecule has 2 rings (SSSR count). The van der Waals surface area contributed by atoms with Crippen LogP contribution < -0.4 is 0 Å². The first-order valence-electron chi connectivity index (χ1n) is 4.90. The Labute approximate surface area is 88.0 Å².